The van der Waals surface area contributed by atoms with Crippen LogP contribution >= 0.6 is 11.3 Å². The van der Waals surface area contributed by atoms with E-state index >= 15 is 4.39 Å². The minimum Gasteiger partial charge on any atom is -0.493 e. The number of pyridine rings is 3. The molecule has 1 N–H and O–H groups in total. The van der Waals surface area contributed by atoms with E-state index in [4.69, 9.17) is 9.47 Å². The van der Waals surface area contributed by atoms with Crippen molar-refractivity contribution in [2.24, 2.45) is 0 Å². The van der Waals surface area contributed by atoms with E-state index in [-0.39, 0.29) is 29.4 Å². The number of nitrogens with zero attached hydrogens (tertiary/aromatic N) is 3. The highest BCUT2D eigenvalue weighted by Gasteiger charge is 2.21. The standard InChI is InChI=1S/C32H22F2N4O4S/c1-2-41-26-13-16-38(21-9-6-19(33)7-10-21)32(40)29(26)31(39)37-20-8-11-25(22(34)17-20)42-27-12-15-36-24-18-28(43-30(24)27)23-5-3-4-14-35-23/h3-18H,2H2,1H3,(H,37,39). The largest absolute Gasteiger partial charge is 0.493 e. The molecular formula is C32H22F2N4O4S. The number of benzene rings is 2. The van der Waals surface area contributed by atoms with E-state index in [1.165, 1.54) is 64.6 Å². The summed E-state index contributed by atoms with van der Waals surface area (Å²) in [6.45, 7) is 1.92. The van der Waals surface area contributed by atoms with Gasteiger partial charge in [0.25, 0.3) is 11.5 Å². The molecule has 0 atom stereocenters. The molecule has 11 heteroatoms. The lowest BCUT2D eigenvalue weighted by atomic mass is 10.2. The van der Waals surface area contributed by atoms with Gasteiger partial charge in [0.1, 0.15) is 22.9 Å². The van der Waals surface area contributed by atoms with E-state index in [0.717, 1.165) is 21.3 Å². The van der Waals surface area contributed by atoms with E-state index in [1.807, 2.05) is 24.3 Å². The lowest BCUT2D eigenvalue weighted by molar-refractivity contribution is 0.102. The number of carbonyl (C=O) groups excluding carboxylic acids is 1. The van der Waals surface area contributed by atoms with Gasteiger partial charge in [-0.1, -0.05) is 6.07 Å². The maximum Gasteiger partial charge on any atom is 0.271 e. The lowest BCUT2D eigenvalue weighted by Crippen LogP contribution is -2.29. The van der Waals surface area contributed by atoms with Crippen LogP contribution in [0.1, 0.15) is 17.3 Å². The van der Waals surface area contributed by atoms with Crippen LogP contribution in [0.2, 0.25) is 0 Å². The van der Waals surface area contributed by atoms with Crippen molar-refractivity contribution in [3.05, 3.63) is 125 Å². The van der Waals surface area contributed by atoms with Gasteiger partial charge >= 0.3 is 0 Å². The smallest absolute Gasteiger partial charge is 0.271 e. The highest BCUT2D eigenvalue weighted by Crippen LogP contribution is 2.39. The molecule has 0 aliphatic carbocycles. The number of nitrogens with one attached hydrogen (secondary N) is 1. The SMILES string of the molecule is CCOc1ccn(-c2ccc(F)cc2)c(=O)c1C(=O)Nc1ccc(Oc2ccnc3cc(-c4ccccn4)sc23)c(F)c1. The van der Waals surface area contributed by atoms with Gasteiger partial charge in [-0.15, -0.1) is 11.3 Å². The molecule has 8 nitrogen and oxygen atoms in total. The van der Waals surface area contributed by atoms with Crippen LogP contribution in [0.15, 0.2) is 102 Å². The Kier molecular flexibility index (Phi) is 7.63. The fourth-order valence-electron chi connectivity index (χ4n) is 4.41. The Morgan fingerprint density at radius 2 is 1.77 bits per heavy atom. The molecule has 0 saturated heterocycles. The molecule has 0 spiro atoms. The number of aromatic nitrogens is 3. The Hall–Kier alpha value is -5.42. The highest BCUT2D eigenvalue weighted by atomic mass is 32.1. The zero-order valence-electron chi connectivity index (χ0n) is 22.6. The number of anilines is 1. The summed E-state index contributed by atoms with van der Waals surface area (Å²) in [7, 11) is 0. The van der Waals surface area contributed by atoms with Crippen LogP contribution in [0.25, 0.3) is 26.5 Å². The van der Waals surface area contributed by atoms with Gasteiger partial charge in [0.15, 0.2) is 11.6 Å². The Balaban J connectivity index is 1.26. The average molecular weight is 597 g/mol. The molecule has 0 bridgehead atoms. The number of hydrogen-bond donors (Lipinski definition) is 1. The second kappa shape index (κ2) is 11.8. The van der Waals surface area contributed by atoms with Crippen molar-refractivity contribution in [2.75, 3.05) is 11.9 Å². The number of amides is 1. The van der Waals surface area contributed by atoms with Gasteiger partial charge in [0, 0.05) is 42.1 Å². The number of hydrogen-bond acceptors (Lipinski definition) is 7. The van der Waals surface area contributed by atoms with E-state index < -0.39 is 23.1 Å². The summed E-state index contributed by atoms with van der Waals surface area (Å²) < 4.78 is 42.0. The van der Waals surface area contributed by atoms with E-state index in [1.54, 1.807) is 25.4 Å². The van der Waals surface area contributed by atoms with Crippen molar-refractivity contribution in [3.63, 3.8) is 0 Å². The Labute approximate surface area is 247 Å². The van der Waals surface area contributed by atoms with Crippen LogP contribution in [0.3, 0.4) is 0 Å². The number of ether oxygens (including phenoxy) is 2. The van der Waals surface area contributed by atoms with Crippen LogP contribution in [-0.2, 0) is 0 Å². The molecule has 2 aromatic carbocycles. The molecule has 0 fully saturated rings. The van der Waals surface area contributed by atoms with Crippen molar-refractivity contribution in [1.82, 2.24) is 14.5 Å². The molecule has 4 aromatic heterocycles. The van der Waals surface area contributed by atoms with Crippen molar-refractivity contribution in [2.45, 2.75) is 6.92 Å². The Bertz CT molecular complexity index is 2010. The van der Waals surface area contributed by atoms with E-state index in [9.17, 15) is 14.0 Å². The first-order valence-electron chi connectivity index (χ1n) is 13.1. The highest BCUT2D eigenvalue weighted by molar-refractivity contribution is 7.22. The maximum absolute atomic E-state index is 15.2. The number of halogens is 2. The molecule has 6 rings (SSSR count). The van der Waals surface area contributed by atoms with Gasteiger partial charge in [0.05, 0.1) is 27.4 Å². The summed E-state index contributed by atoms with van der Waals surface area (Å²) in [6.07, 6.45) is 4.72. The zero-order valence-corrected chi connectivity index (χ0v) is 23.4. The number of fused-ring (bicyclic) bond motifs is 1. The fourth-order valence-corrected chi connectivity index (χ4v) is 5.45. The summed E-state index contributed by atoms with van der Waals surface area (Å²) in [4.78, 5) is 36.3. The zero-order chi connectivity index (χ0) is 29.9. The summed E-state index contributed by atoms with van der Waals surface area (Å²) >= 11 is 1.43. The quantitative estimate of drug-likeness (QED) is 0.199. The number of carbonyl (C=O) groups is 1. The third-order valence-corrected chi connectivity index (χ3v) is 7.55. The van der Waals surface area contributed by atoms with Crippen LogP contribution in [0.4, 0.5) is 14.5 Å². The molecule has 43 heavy (non-hydrogen) atoms. The van der Waals surface area contributed by atoms with Gasteiger partial charge in [-0.25, -0.2) is 8.78 Å². The second-order valence-electron chi connectivity index (χ2n) is 9.19. The average Bonchev–Trinajstić information content (AvgIpc) is 3.45. The Morgan fingerprint density at radius 3 is 2.51 bits per heavy atom. The molecular weight excluding hydrogens is 574 g/mol. The van der Waals surface area contributed by atoms with Gasteiger partial charge < -0.3 is 14.8 Å². The molecule has 4 heterocycles. The third kappa shape index (κ3) is 5.70. The Morgan fingerprint density at radius 1 is 0.930 bits per heavy atom. The molecule has 214 valence electrons. The second-order valence-corrected chi connectivity index (χ2v) is 10.2. The lowest BCUT2D eigenvalue weighted by Gasteiger charge is -2.14. The molecule has 0 aliphatic heterocycles. The van der Waals surface area contributed by atoms with Crippen molar-refractivity contribution in [3.8, 4) is 33.5 Å². The summed E-state index contributed by atoms with van der Waals surface area (Å²) in [6, 6.07) is 19.8. The van der Waals surface area contributed by atoms with Crippen molar-refractivity contribution >= 4 is 33.1 Å². The normalized spacial score (nSPS) is 11.0. The van der Waals surface area contributed by atoms with Gasteiger partial charge in [0.2, 0.25) is 0 Å². The van der Waals surface area contributed by atoms with Gasteiger partial charge in [-0.2, -0.15) is 0 Å². The molecule has 6 aromatic rings. The van der Waals surface area contributed by atoms with E-state index in [2.05, 4.69) is 15.3 Å². The molecule has 0 saturated carbocycles. The number of thiophene rings is 1. The predicted molar refractivity (Wildman–Crippen MR) is 160 cm³/mol. The first-order chi connectivity index (χ1) is 20.9. The van der Waals surface area contributed by atoms with E-state index in [0.29, 0.717) is 17.0 Å². The summed E-state index contributed by atoms with van der Waals surface area (Å²) in [5.41, 5.74) is 0.972. The monoisotopic (exact) mass is 596 g/mol. The van der Waals surface area contributed by atoms with Crippen LogP contribution < -0.4 is 20.3 Å². The van der Waals surface area contributed by atoms with Crippen molar-refractivity contribution < 1.29 is 23.0 Å². The minimum atomic E-state index is -0.797. The number of rotatable bonds is 8. The first-order valence-corrected chi connectivity index (χ1v) is 14.0. The summed E-state index contributed by atoms with van der Waals surface area (Å²) in [5, 5.41) is 2.57. The maximum atomic E-state index is 15.2. The van der Waals surface area contributed by atoms with Gasteiger partial charge in [-0.3, -0.25) is 24.1 Å². The minimum absolute atomic E-state index is 0.0616. The topological polar surface area (TPSA) is 95.3 Å². The van der Waals surface area contributed by atoms with Gasteiger partial charge in [-0.05, 0) is 67.6 Å². The van der Waals surface area contributed by atoms with Crippen molar-refractivity contribution in [1.29, 1.82) is 0 Å². The third-order valence-electron chi connectivity index (χ3n) is 6.39. The summed E-state index contributed by atoms with van der Waals surface area (Å²) in [5.74, 6) is -1.58. The van der Waals surface area contributed by atoms with Crippen LogP contribution in [0, 0.1) is 11.6 Å². The molecule has 1 amide bonds. The van der Waals surface area contributed by atoms with Crippen LogP contribution in [-0.4, -0.2) is 27.0 Å². The molecule has 0 unspecified atom stereocenters. The molecule has 0 radical (unpaired) electrons. The predicted octanol–water partition coefficient (Wildman–Crippen LogP) is 7.23. The fraction of sp³-hybridized carbons (Fsp3) is 0.0625. The molecule has 0 aliphatic rings. The van der Waals surface area contributed by atoms with Crippen LogP contribution in [0.5, 0.6) is 17.2 Å². The first kappa shape index (κ1) is 27.7.